The van der Waals surface area contributed by atoms with Gasteiger partial charge in [0.05, 0.1) is 18.0 Å². The highest BCUT2D eigenvalue weighted by Gasteiger charge is 2.43. The molecule has 0 aromatic heterocycles. The van der Waals surface area contributed by atoms with E-state index in [1.807, 2.05) is 30.3 Å². The smallest absolute Gasteiger partial charge is 0.261 e. The van der Waals surface area contributed by atoms with Crippen molar-refractivity contribution in [3.63, 3.8) is 0 Å². The summed E-state index contributed by atoms with van der Waals surface area (Å²) in [6, 6.07) is 21.7. The maximum atomic E-state index is 12.7. The Hall–Kier alpha value is -2.87. The molecule has 3 aromatic carbocycles. The second-order valence-corrected chi connectivity index (χ2v) is 9.80. The molecule has 1 heterocycles. The van der Waals surface area contributed by atoms with E-state index in [0.717, 1.165) is 5.56 Å². The molecule has 0 bridgehead atoms. The van der Waals surface area contributed by atoms with Crippen LogP contribution in [-0.2, 0) is 16.4 Å². The summed E-state index contributed by atoms with van der Waals surface area (Å²) in [5.41, 5.74) is 0.867. The number of aliphatic hydroxyl groups is 1. The van der Waals surface area contributed by atoms with E-state index in [4.69, 9.17) is 11.6 Å². The van der Waals surface area contributed by atoms with Gasteiger partial charge in [0.1, 0.15) is 5.60 Å². The van der Waals surface area contributed by atoms with Crippen molar-refractivity contribution in [1.29, 1.82) is 0 Å². The Morgan fingerprint density at radius 2 is 1.58 bits per heavy atom. The number of anilines is 1. The first-order valence-corrected chi connectivity index (χ1v) is 11.5. The lowest BCUT2D eigenvalue weighted by molar-refractivity contribution is -0.0799. The fourth-order valence-electron chi connectivity index (χ4n) is 3.59. The average molecular weight is 457 g/mol. The van der Waals surface area contributed by atoms with E-state index in [1.54, 1.807) is 17.0 Å². The van der Waals surface area contributed by atoms with Crippen LogP contribution in [-0.4, -0.2) is 43.0 Å². The van der Waals surface area contributed by atoms with Crippen molar-refractivity contribution >= 4 is 33.2 Å². The van der Waals surface area contributed by atoms with E-state index in [2.05, 4.69) is 4.72 Å². The maximum Gasteiger partial charge on any atom is 0.261 e. The quantitative estimate of drug-likeness (QED) is 0.593. The van der Waals surface area contributed by atoms with Crippen LogP contribution in [0.1, 0.15) is 15.9 Å². The summed E-state index contributed by atoms with van der Waals surface area (Å²) in [6.45, 7) is 0.511. The van der Waals surface area contributed by atoms with Gasteiger partial charge in [-0.15, -0.1) is 0 Å². The lowest BCUT2D eigenvalue weighted by atomic mass is 9.86. The standard InChI is InChI=1S/C23H21ClN2O4S/c24-19-8-12-21(13-9-19)31(29,30)25-20-10-6-18(7-11-20)22(27)26-15-23(28,16-26)14-17-4-2-1-3-5-17/h1-13,25,28H,14-16H2. The number of carbonyl (C=O) groups excluding carboxylic acids is 1. The normalized spacial score (nSPS) is 15.2. The van der Waals surface area contributed by atoms with Crippen LogP contribution in [0.3, 0.4) is 0 Å². The van der Waals surface area contributed by atoms with Crippen LogP contribution in [0.2, 0.25) is 5.02 Å². The van der Waals surface area contributed by atoms with Crippen molar-refractivity contribution in [2.45, 2.75) is 16.9 Å². The highest BCUT2D eigenvalue weighted by Crippen LogP contribution is 2.27. The third-order valence-corrected chi connectivity index (χ3v) is 6.79. The van der Waals surface area contributed by atoms with E-state index in [1.165, 1.54) is 36.4 Å². The molecule has 3 aromatic rings. The van der Waals surface area contributed by atoms with Gasteiger partial charge in [0, 0.05) is 22.7 Å². The number of β-amino-alcohol motifs (C(OH)–C–C–N with tert-alkyl or cyclic N) is 1. The van der Waals surface area contributed by atoms with Gasteiger partial charge < -0.3 is 10.0 Å². The first-order valence-electron chi connectivity index (χ1n) is 9.68. The molecule has 8 heteroatoms. The zero-order chi connectivity index (χ0) is 22.1. The number of rotatable bonds is 6. The van der Waals surface area contributed by atoms with Crippen LogP contribution in [0.15, 0.2) is 83.8 Å². The molecular formula is C23H21ClN2O4S. The number of carbonyl (C=O) groups is 1. The molecule has 4 rings (SSSR count). The second-order valence-electron chi connectivity index (χ2n) is 7.68. The second kappa shape index (κ2) is 8.34. The summed E-state index contributed by atoms with van der Waals surface area (Å²) < 4.78 is 27.4. The van der Waals surface area contributed by atoms with Crippen LogP contribution in [0.5, 0.6) is 0 Å². The number of amides is 1. The number of benzene rings is 3. The summed E-state index contributed by atoms with van der Waals surface area (Å²) in [5.74, 6) is -0.204. The molecule has 0 unspecified atom stereocenters. The molecule has 0 atom stereocenters. The van der Waals surface area contributed by atoms with Crippen molar-refractivity contribution in [1.82, 2.24) is 4.90 Å². The zero-order valence-electron chi connectivity index (χ0n) is 16.5. The molecule has 0 spiro atoms. The number of hydrogen-bond donors (Lipinski definition) is 2. The number of likely N-dealkylation sites (tertiary alicyclic amines) is 1. The van der Waals surface area contributed by atoms with Crippen molar-refractivity contribution < 1.29 is 18.3 Å². The van der Waals surface area contributed by atoms with Crippen LogP contribution >= 0.6 is 11.6 Å². The van der Waals surface area contributed by atoms with Crippen molar-refractivity contribution in [3.8, 4) is 0 Å². The minimum absolute atomic E-state index is 0.0929. The molecule has 160 valence electrons. The molecule has 0 radical (unpaired) electrons. The Kier molecular flexibility index (Phi) is 5.75. The fourth-order valence-corrected chi connectivity index (χ4v) is 4.77. The molecule has 6 nitrogen and oxygen atoms in total. The van der Waals surface area contributed by atoms with Gasteiger partial charge in [-0.05, 0) is 54.1 Å². The Labute approximate surface area is 186 Å². The van der Waals surface area contributed by atoms with Gasteiger partial charge in [-0.25, -0.2) is 8.42 Å². The summed E-state index contributed by atoms with van der Waals surface area (Å²) in [5, 5.41) is 11.1. The number of nitrogens with zero attached hydrogens (tertiary/aromatic N) is 1. The molecule has 0 aliphatic carbocycles. The molecule has 1 aliphatic heterocycles. The Bertz CT molecular complexity index is 1170. The highest BCUT2D eigenvalue weighted by molar-refractivity contribution is 7.92. The maximum absolute atomic E-state index is 12.7. The van der Waals surface area contributed by atoms with Gasteiger partial charge >= 0.3 is 0 Å². The fraction of sp³-hybridized carbons (Fsp3) is 0.174. The minimum atomic E-state index is -3.76. The average Bonchev–Trinajstić information content (AvgIpc) is 2.73. The summed E-state index contributed by atoms with van der Waals surface area (Å²) >= 11 is 5.80. The summed E-state index contributed by atoms with van der Waals surface area (Å²) in [4.78, 5) is 14.4. The van der Waals surface area contributed by atoms with Gasteiger partial charge in [-0.2, -0.15) is 0 Å². The Balaban J connectivity index is 1.37. The zero-order valence-corrected chi connectivity index (χ0v) is 18.1. The number of nitrogens with one attached hydrogen (secondary N) is 1. The predicted octanol–water partition coefficient (Wildman–Crippen LogP) is 3.57. The lowest BCUT2D eigenvalue weighted by Crippen LogP contribution is -2.64. The van der Waals surface area contributed by atoms with E-state index in [9.17, 15) is 18.3 Å². The molecule has 1 aliphatic rings. The SMILES string of the molecule is O=C(c1ccc(NS(=O)(=O)c2ccc(Cl)cc2)cc1)N1CC(O)(Cc2ccccc2)C1. The third-order valence-electron chi connectivity index (χ3n) is 5.14. The van der Waals surface area contributed by atoms with Gasteiger partial charge in [-0.1, -0.05) is 41.9 Å². The summed E-state index contributed by atoms with van der Waals surface area (Å²) in [7, 11) is -3.76. The molecule has 31 heavy (non-hydrogen) atoms. The predicted molar refractivity (Wildman–Crippen MR) is 120 cm³/mol. The topological polar surface area (TPSA) is 86.7 Å². The molecule has 2 N–H and O–H groups in total. The van der Waals surface area contributed by atoms with E-state index >= 15 is 0 Å². The number of halogens is 1. The van der Waals surface area contributed by atoms with E-state index in [-0.39, 0.29) is 23.9 Å². The van der Waals surface area contributed by atoms with E-state index < -0.39 is 15.6 Å². The third kappa shape index (κ3) is 4.90. The molecular weight excluding hydrogens is 436 g/mol. The van der Waals surface area contributed by atoms with Crippen molar-refractivity contribution in [3.05, 3.63) is 95.0 Å². The monoisotopic (exact) mass is 456 g/mol. The van der Waals surface area contributed by atoms with Crippen LogP contribution in [0, 0.1) is 0 Å². The summed E-state index contributed by atoms with van der Waals surface area (Å²) in [6.07, 6.45) is 0.489. The van der Waals surface area contributed by atoms with Gasteiger partial charge in [0.25, 0.3) is 15.9 Å². The minimum Gasteiger partial charge on any atom is -0.386 e. The Morgan fingerprint density at radius 3 is 2.19 bits per heavy atom. The lowest BCUT2D eigenvalue weighted by Gasteiger charge is -2.46. The van der Waals surface area contributed by atoms with E-state index in [0.29, 0.717) is 22.7 Å². The van der Waals surface area contributed by atoms with Crippen LogP contribution in [0.25, 0.3) is 0 Å². The molecule has 1 fully saturated rings. The Morgan fingerprint density at radius 1 is 0.968 bits per heavy atom. The van der Waals surface area contributed by atoms with Gasteiger partial charge in [0.2, 0.25) is 0 Å². The van der Waals surface area contributed by atoms with Crippen molar-refractivity contribution in [2.75, 3.05) is 17.8 Å². The first-order chi connectivity index (χ1) is 14.7. The first kappa shape index (κ1) is 21.4. The van der Waals surface area contributed by atoms with Crippen LogP contribution in [0.4, 0.5) is 5.69 Å². The van der Waals surface area contributed by atoms with Gasteiger partial charge in [0.15, 0.2) is 0 Å². The molecule has 1 saturated heterocycles. The molecule has 1 amide bonds. The molecule has 0 saturated carbocycles. The largest absolute Gasteiger partial charge is 0.386 e. The number of sulfonamides is 1. The number of hydrogen-bond acceptors (Lipinski definition) is 4. The van der Waals surface area contributed by atoms with Crippen molar-refractivity contribution in [2.24, 2.45) is 0 Å². The highest BCUT2D eigenvalue weighted by atomic mass is 35.5. The van der Waals surface area contributed by atoms with Crippen LogP contribution < -0.4 is 4.72 Å². The van der Waals surface area contributed by atoms with Gasteiger partial charge in [-0.3, -0.25) is 9.52 Å².